The van der Waals surface area contributed by atoms with E-state index in [1.807, 2.05) is 26.0 Å². The first-order valence-electron chi connectivity index (χ1n) is 6.89. The molecule has 0 atom stereocenters. The van der Waals surface area contributed by atoms with E-state index in [0.717, 1.165) is 31.2 Å². The maximum absolute atomic E-state index is 5.29. The topological polar surface area (TPSA) is 67.8 Å². The molecule has 2 N–H and O–H groups in total. The highest BCUT2D eigenvalue weighted by Gasteiger charge is 1.99. The maximum Gasteiger partial charge on any atom is 0.213 e. The number of ether oxygens (including phenoxy) is 2. The molecule has 0 bridgehead atoms. The van der Waals surface area contributed by atoms with Gasteiger partial charge < -0.3 is 20.1 Å². The second kappa shape index (κ2) is 12.6. The van der Waals surface area contributed by atoms with Gasteiger partial charge in [0, 0.05) is 32.0 Å². The third-order valence-corrected chi connectivity index (χ3v) is 2.52. The van der Waals surface area contributed by atoms with Crippen molar-refractivity contribution in [3.05, 3.63) is 23.9 Å². The van der Waals surface area contributed by atoms with Crippen molar-refractivity contribution in [3.8, 4) is 5.88 Å². The van der Waals surface area contributed by atoms with Crippen molar-refractivity contribution < 1.29 is 9.47 Å². The van der Waals surface area contributed by atoms with Gasteiger partial charge in [0.05, 0.1) is 20.3 Å². The number of guanidine groups is 1. The Bertz CT molecular complexity index is 416. The molecule has 0 saturated carbocycles. The Balaban J connectivity index is 0.00000400. The molecule has 0 saturated heterocycles. The fraction of sp³-hybridized carbons (Fsp3) is 0.571. The summed E-state index contributed by atoms with van der Waals surface area (Å²) in [5.74, 6) is 1.38. The second-order valence-electron chi connectivity index (χ2n) is 4.03. The van der Waals surface area contributed by atoms with Crippen LogP contribution in [0.2, 0.25) is 0 Å². The first-order chi connectivity index (χ1) is 9.80. The van der Waals surface area contributed by atoms with Gasteiger partial charge in [0.1, 0.15) is 0 Å². The number of rotatable bonds is 8. The average molecular weight is 408 g/mol. The van der Waals surface area contributed by atoms with Crippen LogP contribution < -0.4 is 15.4 Å². The van der Waals surface area contributed by atoms with E-state index in [4.69, 9.17) is 9.47 Å². The molecule has 7 heteroatoms. The Labute approximate surface area is 143 Å². The summed E-state index contributed by atoms with van der Waals surface area (Å²) in [6, 6.07) is 3.81. The summed E-state index contributed by atoms with van der Waals surface area (Å²) in [7, 11) is 1.61. The van der Waals surface area contributed by atoms with Gasteiger partial charge in [-0.15, -0.1) is 24.0 Å². The highest BCUT2D eigenvalue weighted by Crippen LogP contribution is 2.09. The molecule has 0 amide bonds. The number of aromatic nitrogens is 1. The van der Waals surface area contributed by atoms with Crippen LogP contribution in [0.3, 0.4) is 0 Å². The highest BCUT2D eigenvalue weighted by molar-refractivity contribution is 14.0. The molecule has 0 aromatic carbocycles. The molecule has 0 aliphatic rings. The van der Waals surface area contributed by atoms with Gasteiger partial charge in [0.2, 0.25) is 5.88 Å². The summed E-state index contributed by atoms with van der Waals surface area (Å²) in [6.45, 7) is 7.55. The van der Waals surface area contributed by atoms with Crippen LogP contribution in [0.1, 0.15) is 19.4 Å². The summed E-state index contributed by atoms with van der Waals surface area (Å²) < 4.78 is 10.4. The van der Waals surface area contributed by atoms with Gasteiger partial charge in [-0.1, -0.05) is 0 Å². The molecule has 21 heavy (non-hydrogen) atoms. The summed E-state index contributed by atoms with van der Waals surface area (Å²) in [5.41, 5.74) is 1.05. The van der Waals surface area contributed by atoms with Crippen LogP contribution in [0.5, 0.6) is 5.88 Å². The number of nitrogens with one attached hydrogen (secondary N) is 2. The number of pyridine rings is 1. The Morgan fingerprint density at radius 2 is 2.14 bits per heavy atom. The Morgan fingerprint density at radius 1 is 1.33 bits per heavy atom. The SMILES string of the molecule is CCNC(=NCc1ccnc(OC)c1)NCCOCC.I. The second-order valence-corrected chi connectivity index (χ2v) is 4.03. The number of aliphatic imine (C=N–C) groups is 1. The molecular formula is C14H25IN4O2. The summed E-state index contributed by atoms with van der Waals surface area (Å²) >= 11 is 0. The highest BCUT2D eigenvalue weighted by atomic mass is 127. The molecule has 1 aromatic rings. The summed E-state index contributed by atoms with van der Waals surface area (Å²) in [5, 5.41) is 6.42. The predicted octanol–water partition coefficient (Wildman–Crippen LogP) is 1.80. The van der Waals surface area contributed by atoms with Crippen molar-refractivity contribution in [2.75, 3.05) is 33.4 Å². The van der Waals surface area contributed by atoms with Crippen molar-refractivity contribution in [1.82, 2.24) is 15.6 Å². The van der Waals surface area contributed by atoms with Crippen LogP contribution in [-0.4, -0.2) is 44.4 Å². The zero-order valence-electron chi connectivity index (χ0n) is 12.9. The van der Waals surface area contributed by atoms with Crippen molar-refractivity contribution in [3.63, 3.8) is 0 Å². The molecule has 1 aromatic heterocycles. The minimum Gasteiger partial charge on any atom is -0.481 e. The maximum atomic E-state index is 5.29. The third kappa shape index (κ3) is 8.71. The van der Waals surface area contributed by atoms with Crippen molar-refractivity contribution in [1.29, 1.82) is 0 Å². The van der Waals surface area contributed by atoms with Gasteiger partial charge in [-0.3, -0.25) is 0 Å². The molecule has 0 fully saturated rings. The van der Waals surface area contributed by atoms with E-state index in [0.29, 0.717) is 19.0 Å². The largest absolute Gasteiger partial charge is 0.481 e. The minimum atomic E-state index is 0. The molecule has 120 valence electrons. The van der Waals surface area contributed by atoms with E-state index < -0.39 is 0 Å². The summed E-state index contributed by atoms with van der Waals surface area (Å²) in [6.07, 6.45) is 1.72. The first-order valence-corrected chi connectivity index (χ1v) is 6.89. The standard InChI is InChI=1S/C14H24N4O2.HI/c1-4-15-14(17-8-9-20-5-2)18-11-12-6-7-16-13(10-12)19-3;/h6-7,10H,4-5,8-9,11H2,1-3H3,(H2,15,17,18);1H. The number of nitrogens with zero attached hydrogens (tertiary/aromatic N) is 2. The quantitative estimate of drug-likeness (QED) is 0.297. The monoisotopic (exact) mass is 408 g/mol. The number of hydrogen-bond donors (Lipinski definition) is 2. The molecular weight excluding hydrogens is 383 g/mol. The van der Waals surface area contributed by atoms with Gasteiger partial charge in [-0.25, -0.2) is 9.98 Å². The molecule has 0 radical (unpaired) electrons. The van der Waals surface area contributed by atoms with E-state index in [1.54, 1.807) is 13.3 Å². The van der Waals surface area contributed by atoms with Gasteiger partial charge >= 0.3 is 0 Å². The van der Waals surface area contributed by atoms with Gasteiger partial charge in [0.15, 0.2) is 5.96 Å². The Morgan fingerprint density at radius 3 is 2.81 bits per heavy atom. The normalized spacial score (nSPS) is 10.7. The smallest absolute Gasteiger partial charge is 0.213 e. The zero-order valence-corrected chi connectivity index (χ0v) is 15.2. The van der Waals surface area contributed by atoms with Crippen LogP contribution in [0.4, 0.5) is 0 Å². The predicted molar refractivity (Wildman–Crippen MR) is 95.5 cm³/mol. The Hall–Kier alpha value is -1.09. The first kappa shape index (κ1) is 19.9. The molecule has 0 aliphatic carbocycles. The van der Waals surface area contributed by atoms with Crippen LogP contribution in [0.15, 0.2) is 23.3 Å². The molecule has 0 spiro atoms. The fourth-order valence-electron chi connectivity index (χ4n) is 1.56. The van der Waals surface area contributed by atoms with Crippen LogP contribution >= 0.6 is 24.0 Å². The van der Waals surface area contributed by atoms with Crippen LogP contribution in [-0.2, 0) is 11.3 Å². The van der Waals surface area contributed by atoms with Gasteiger partial charge in [-0.05, 0) is 25.5 Å². The van der Waals surface area contributed by atoms with Gasteiger partial charge in [0.25, 0.3) is 0 Å². The van der Waals surface area contributed by atoms with Crippen molar-refractivity contribution >= 4 is 29.9 Å². The van der Waals surface area contributed by atoms with Gasteiger partial charge in [-0.2, -0.15) is 0 Å². The molecule has 1 heterocycles. The molecule has 6 nitrogen and oxygen atoms in total. The molecule has 0 unspecified atom stereocenters. The zero-order chi connectivity index (χ0) is 14.6. The molecule has 1 rings (SSSR count). The lowest BCUT2D eigenvalue weighted by atomic mass is 10.3. The lowest BCUT2D eigenvalue weighted by Crippen LogP contribution is -2.39. The lowest BCUT2D eigenvalue weighted by molar-refractivity contribution is 0.152. The van der Waals surface area contributed by atoms with E-state index in [1.165, 1.54) is 0 Å². The van der Waals surface area contributed by atoms with E-state index in [9.17, 15) is 0 Å². The van der Waals surface area contributed by atoms with Crippen molar-refractivity contribution in [2.45, 2.75) is 20.4 Å². The van der Waals surface area contributed by atoms with E-state index in [-0.39, 0.29) is 24.0 Å². The van der Waals surface area contributed by atoms with Crippen LogP contribution in [0.25, 0.3) is 0 Å². The average Bonchev–Trinajstić information content (AvgIpc) is 2.49. The van der Waals surface area contributed by atoms with Crippen molar-refractivity contribution in [2.24, 2.45) is 4.99 Å². The Kier molecular flexibility index (Phi) is 12.0. The van der Waals surface area contributed by atoms with E-state index >= 15 is 0 Å². The number of halogens is 1. The van der Waals surface area contributed by atoms with E-state index in [2.05, 4.69) is 20.6 Å². The fourth-order valence-corrected chi connectivity index (χ4v) is 1.56. The number of methoxy groups -OCH3 is 1. The van der Waals surface area contributed by atoms with Crippen LogP contribution in [0, 0.1) is 0 Å². The summed E-state index contributed by atoms with van der Waals surface area (Å²) in [4.78, 5) is 8.59. The third-order valence-electron chi connectivity index (χ3n) is 2.52. The lowest BCUT2D eigenvalue weighted by Gasteiger charge is -2.11. The number of hydrogen-bond acceptors (Lipinski definition) is 4. The minimum absolute atomic E-state index is 0. The molecule has 0 aliphatic heterocycles.